The number of nitrogens with zero attached hydrogens (tertiary/aromatic N) is 4. The number of pyridine rings is 1. The second kappa shape index (κ2) is 9.99. The lowest BCUT2D eigenvalue weighted by Gasteiger charge is -2.31. The molecule has 0 fully saturated rings. The van der Waals surface area contributed by atoms with Gasteiger partial charge in [-0.05, 0) is 51.5 Å². The Morgan fingerprint density at radius 3 is 2.34 bits per heavy atom. The number of rotatable bonds is 5. The van der Waals surface area contributed by atoms with Crippen LogP contribution in [0.5, 0.6) is 11.5 Å². The summed E-state index contributed by atoms with van der Waals surface area (Å²) in [5.74, 6) is -1.74. The minimum absolute atomic E-state index is 0.0145. The smallest absolute Gasteiger partial charge is 0.274 e. The summed E-state index contributed by atoms with van der Waals surface area (Å²) >= 11 is 0. The number of fused-ring (bicyclic) bond motifs is 3. The zero-order chi connectivity index (χ0) is 29.8. The molecular weight excluding hydrogens is 532 g/mol. The number of halogens is 2. The van der Waals surface area contributed by atoms with Crippen molar-refractivity contribution >= 4 is 11.8 Å². The van der Waals surface area contributed by atoms with E-state index in [2.05, 4.69) is 10.1 Å². The molecule has 11 heteroatoms. The zero-order valence-electron chi connectivity index (χ0n) is 23.5. The highest BCUT2D eigenvalue weighted by atomic mass is 19.1. The maximum Gasteiger partial charge on any atom is 0.274 e. The Morgan fingerprint density at radius 2 is 1.73 bits per heavy atom. The van der Waals surface area contributed by atoms with Crippen LogP contribution in [0.15, 0.2) is 42.7 Å². The third-order valence-corrected chi connectivity index (χ3v) is 7.29. The van der Waals surface area contributed by atoms with Crippen LogP contribution in [-0.4, -0.2) is 51.2 Å². The summed E-state index contributed by atoms with van der Waals surface area (Å²) in [6.07, 6.45) is 2.98. The van der Waals surface area contributed by atoms with Gasteiger partial charge in [-0.1, -0.05) is 0 Å². The van der Waals surface area contributed by atoms with E-state index in [1.807, 2.05) is 20.8 Å². The lowest BCUT2D eigenvalue weighted by atomic mass is 9.93. The van der Waals surface area contributed by atoms with E-state index in [1.165, 1.54) is 18.0 Å². The Morgan fingerprint density at radius 1 is 1.05 bits per heavy atom. The first-order valence-electron chi connectivity index (χ1n) is 12.8. The topological polar surface area (TPSA) is 113 Å². The van der Waals surface area contributed by atoms with Crippen molar-refractivity contribution in [1.29, 1.82) is 0 Å². The van der Waals surface area contributed by atoms with Crippen LogP contribution in [0.1, 0.15) is 52.7 Å². The van der Waals surface area contributed by atoms with Crippen LogP contribution in [0.3, 0.4) is 0 Å². The molecule has 0 radical (unpaired) electrons. The molecule has 9 nitrogen and oxygen atoms in total. The van der Waals surface area contributed by atoms with Gasteiger partial charge in [0, 0.05) is 59.4 Å². The van der Waals surface area contributed by atoms with Gasteiger partial charge in [-0.3, -0.25) is 14.6 Å². The molecule has 4 aromatic rings. The second-order valence-electron chi connectivity index (χ2n) is 10.8. The van der Waals surface area contributed by atoms with Crippen molar-refractivity contribution < 1.29 is 27.8 Å². The highest BCUT2D eigenvalue weighted by Crippen LogP contribution is 2.46. The zero-order valence-corrected chi connectivity index (χ0v) is 23.5. The molecule has 41 heavy (non-hydrogen) atoms. The van der Waals surface area contributed by atoms with E-state index >= 15 is 0 Å². The van der Waals surface area contributed by atoms with Crippen molar-refractivity contribution in [2.75, 3.05) is 14.2 Å². The molecule has 2 aromatic carbocycles. The molecule has 2 N–H and O–H groups in total. The second-order valence-corrected chi connectivity index (χ2v) is 10.8. The number of benzene rings is 2. The fraction of sp³-hybridized carbons (Fsp3) is 0.267. The van der Waals surface area contributed by atoms with E-state index < -0.39 is 23.1 Å². The number of hydrogen-bond acceptors (Lipinski definition) is 6. The van der Waals surface area contributed by atoms with Gasteiger partial charge in [-0.25, -0.2) is 13.5 Å². The van der Waals surface area contributed by atoms with Crippen molar-refractivity contribution in [2.24, 2.45) is 5.73 Å². The average molecular weight is 562 g/mol. The van der Waals surface area contributed by atoms with Gasteiger partial charge in [-0.15, -0.1) is 0 Å². The number of ether oxygens (including phenoxy) is 2. The highest BCUT2D eigenvalue weighted by molar-refractivity contribution is 5.98. The molecule has 0 bridgehead atoms. The van der Waals surface area contributed by atoms with Crippen molar-refractivity contribution in [3.63, 3.8) is 0 Å². The summed E-state index contributed by atoms with van der Waals surface area (Å²) in [6.45, 7) is 7.39. The fourth-order valence-electron chi connectivity index (χ4n) is 4.79. The summed E-state index contributed by atoms with van der Waals surface area (Å²) in [6, 6.07) is 6.48. The molecule has 212 valence electrons. The fourth-order valence-corrected chi connectivity index (χ4v) is 4.79. The lowest BCUT2D eigenvalue weighted by molar-refractivity contribution is 0.0646. The van der Waals surface area contributed by atoms with Crippen LogP contribution < -0.4 is 15.2 Å². The molecule has 3 heterocycles. The molecular formula is C30H29F2N5O4. The molecule has 2 amide bonds. The summed E-state index contributed by atoms with van der Waals surface area (Å²) in [5, 5.41) is 4.58. The molecule has 2 aromatic heterocycles. The number of carbonyl (C=O) groups is 2. The van der Waals surface area contributed by atoms with E-state index in [-0.39, 0.29) is 29.5 Å². The molecule has 5 rings (SSSR count). The van der Waals surface area contributed by atoms with Gasteiger partial charge in [0.15, 0.2) is 5.69 Å². The Hall–Kier alpha value is -4.80. The van der Waals surface area contributed by atoms with E-state index in [0.29, 0.717) is 45.0 Å². The first kappa shape index (κ1) is 27.8. The van der Waals surface area contributed by atoms with Crippen molar-refractivity contribution in [3.05, 3.63) is 76.7 Å². The third-order valence-electron chi connectivity index (χ3n) is 7.29. The monoisotopic (exact) mass is 561 g/mol. The minimum atomic E-state index is -0.795. The van der Waals surface area contributed by atoms with Crippen molar-refractivity contribution in [3.8, 4) is 39.6 Å². The highest BCUT2D eigenvalue weighted by Gasteiger charge is 2.35. The molecule has 0 saturated heterocycles. The molecule has 0 saturated carbocycles. The number of methoxy groups -OCH3 is 1. The number of aromatic nitrogens is 3. The minimum Gasteiger partial charge on any atom is -0.496 e. The third kappa shape index (κ3) is 4.77. The van der Waals surface area contributed by atoms with Crippen LogP contribution in [-0.2, 0) is 6.61 Å². The van der Waals surface area contributed by atoms with Crippen LogP contribution in [0.4, 0.5) is 8.78 Å². The predicted molar refractivity (Wildman–Crippen MR) is 148 cm³/mol. The normalized spacial score (nSPS) is 12.3. The van der Waals surface area contributed by atoms with Crippen LogP contribution in [0.25, 0.3) is 28.1 Å². The van der Waals surface area contributed by atoms with Crippen molar-refractivity contribution in [2.45, 2.75) is 39.8 Å². The van der Waals surface area contributed by atoms with Gasteiger partial charge in [-0.2, -0.15) is 5.10 Å². The Balaban J connectivity index is 1.81. The molecule has 0 spiro atoms. The van der Waals surface area contributed by atoms with E-state index in [1.54, 1.807) is 37.2 Å². The van der Waals surface area contributed by atoms with Crippen molar-refractivity contribution in [1.82, 2.24) is 19.7 Å². The van der Waals surface area contributed by atoms with E-state index in [9.17, 15) is 18.4 Å². The molecule has 0 unspecified atom stereocenters. The van der Waals surface area contributed by atoms with E-state index in [0.717, 1.165) is 18.2 Å². The largest absolute Gasteiger partial charge is 0.496 e. The molecule has 1 aliphatic heterocycles. The van der Waals surface area contributed by atoms with Gasteiger partial charge >= 0.3 is 0 Å². The molecule has 0 atom stereocenters. The van der Waals surface area contributed by atoms with Crippen LogP contribution in [0, 0.1) is 18.6 Å². The maximum atomic E-state index is 14.4. The number of amides is 2. The van der Waals surface area contributed by atoms with Gasteiger partial charge in [0.1, 0.15) is 29.7 Å². The number of nitrogens with two attached hydrogens (primary N) is 1. The van der Waals surface area contributed by atoms with Gasteiger partial charge in [0.25, 0.3) is 11.8 Å². The number of hydrogen-bond donors (Lipinski definition) is 1. The summed E-state index contributed by atoms with van der Waals surface area (Å²) in [7, 11) is 3.16. The average Bonchev–Trinajstić information content (AvgIpc) is 3.30. The lowest BCUT2D eigenvalue weighted by Crippen LogP contribution is -2.43. The standard InChI is InChI=1S/C30H29F2N5O4/c1-15-21(12-34-13-22(15)28(33)38)19-10-20-25(11-24(19)40-6)41-14-23-26(29(39)36(5)30(2,3)4)35-37(27(20)23)18-8-16(31)7-17(32)9-18/h7-13H,14H2,1-6H3,(H2,33,38). The van der Waals surface area contributed by atoms with Crippen LogP contribution >= 0.6 is 0 Å². The first-order valence-corrected chi connectivity index (χ1v) is 12.8. The molecule has 1 aliphatic rings. The SMILES string of the molecule is COc1cc2c(cc1-c1cncc(C(N)=O)c1C)-c1c(c(C(=O)N(C)C(C)(C)C)nn1-c1cc(F)cc(F)c1)CO2. The Bertz CT molecular complexity index is 1700. The summed E-state index contributed by atoms with van der Waals surface area (Å²) in [4.78, 5) is 31.4. The first-order chi connectivity index (χ1) is 19.3. The van der Waals surface area contributed by atoms with Gasteiger partial charge < -0.3 is 20.1 Å². The number of primary amides is 1. The summed E-state index contributed by atoms with van der Waals surface area (Å²) in [5.41, 5.74) is 8.60. The Labute approximate surface area is 235 Å². The number of carbonyl (C=O) groups excluding carboxylic acids is 2. The van der Waals surface area contributed by atoms with Gasteiger partial charge in [0.05, 0.1) is 24.1 Å². The van der Waals surface area contributed by atoms with Crippen LogP contribution in [0.2, 0.25) is 0 Å². The Kier molecular flexibility index (Phi) is 6.76. The van der Waals surface area contributed by atoms with E-state index in [4.69, 9.17) is 15.2 Å². The molecule has 0 aliphatic carbocycles. The quantitative estimate of drug-likeness (QED) is 0.365. The summed E-state index contributed by atoms with van der Waals surface area (Å²) < 4.78 is 41.9. The predicted octanol–water partition coefficient (Wildman–Crippen LogP) is 5.06. The van der Waals surface area contributed by atoms with Gasteiger partial charge in [0.2, 0.25) is 0 Å². The maximum absolute atomic E-state index is 14.4.